The van der Waals surface area contributed by atoms with Gasteiger partial charge >= 0.3 is 0 Å². The van der Waals surface area contributed by atoms with Crippen LogP contribution in [0.5, 0.6) is 0 Å². The fraction of sp³-hybridized carbons (Fsp3) is 0.113. The lowest BCUT2D eigenvalue weighted by Crippen LogP contribution is -2.35. The zero-order valence-electron chi connectivity index (χ0n) is 32.0. The molecule has 274 valence electrons. The van der Waals surface area contributed by atoms with Crippen LogP contribution in [0, 0.1) is 0 Å². The van der Waals surface area contributed by atoms with Gasteiger partial charge in [0.25, 0.3) is 0 Å². The first-order valence-corrected chi connectivity index (χ1v) is 19.9. The number of pyridine rings is 1. The highest BCUT2D eigenvalue weighted by molar-refractivity contribution is 6.09. The van der Waals surface area contributed by atoms with Crippen molar-refractivity contribution in [2.24, 2.45) is 9.98 Å². The molecule has 0 N–H and O–H groups in total. The summed E-state index contributed by atoms with van der Waals surface area (Å²) in [6.07, 6.45) is 15.2. The SMILES string of the molecule is CN1C(C2=CC(c3cccc4ccccc34)=CC(c3cccc4ccccc34)C2)=NC(c2ccc(-c3ccccn3)cc2)=CC1c1ccc(C2=NCCC=C2)cc1. The Hall–Kier alpha value is -6.91. The normalized spacial score (nSPS) is 18.1. The molecule has 1 aromatic heterocycles. The second-order valence-corrected chi connectivity index (χ2v) is 15.1. The van der Waals surface area contributed by atoms with Gasteiger partial charge in [0.2, 0.25) is 0 Å². The van der Waals surface area contributed by atoms with E-state index in [0.29, 0.717) is 0 Å². The summed E-state index contributed by atoms with van der Waals surface area (Å²) >= 11 is 0. The predicted octanol–water partition coefficient (Wildman–Crippen LogP) is 12.4. The topological polar surface area (TPSA) is 40.9 Å². The van der Waals surface area contributed by atoms with E-state index in [1.165, 1.54) is 49.4 Å². The van der Waals surface area contributed by atoms with E-state index in [4.69, 9.17) is 9.98 Å². The monoisotopic (exact) mass is 734 g/mol. The van der Waals surface area contributed by atoms with Gasteiger partial charge in [0.05, 0.1) is 23.1 Å². The highest BCUT2D eigenvalue weighted by Crippen LogP contribution is 2.42. The van der Waals surface area contributed by atoms with E-state index in [0.717, 1.165) is 59.0 Å². The number of likely N-dealkylation sites (N-methyl/N-ethyl adjacent to an activating group) is 1. The van der Waals surface area contributed by atoms with Crippen molar-refractivity contribution < 1.29 is 0 Å². The first-order valence-electron chi connectivity index (χ1n) is 19.9. The highest BCUT2D eigenvalue weighted by Gasteiger charge is 2.30. The highest BCUT2D eigenvalue weighted by atomic mass is 15.2. The predicted molar refractivity (Wildman–Crippen MR) is 239 cm³/mol. The Morgan fingerprint density at radius 3 is 2.11 bits per heavy atom. The summed E-state index contributed by atoms with van der Waals surface area (Å²) in [6.45, 7) is 0.841. The van der Waals surface area contributed by atoms with Gasteiger partial charge in [0.1, 0.15) is 5.84 Å². The lowest BCUT2D eigenvalue weighted by atomic mass is 9.80. The maximum absolute atomic E-state index is 5.57. The molecule has 3 aliphatic rings. The molecular formula is C53H42N4. The number of fused-ring (bicyclic) bond motifs is 2. The van der Waals surface area contributed by atoms with Crippen molar-refractivity contribution in [1.82, 2.24) is 9.88 Å². The zero-order valence-corrected chi connectivity index (χ0v) is 32.0. The van der Waals surface area contributed by atoms with Crippen LogP contribution in [0.25, 0.3) is 44.1 Å². The van der Waals surface area contributed by atoms with E-state index in [-0.39, 0.29) is 12.0 Å². The van der Waals surface area contributed by atoms with E-state index >= 15 is 0 Å². The first-order chi connectivity index (χ1) is 28.2. The molecule has 4 nitrogen and oxygen atoms in total. The number of benzene rings is 6. The van der Waals surface area contributed by atoms with Crippen molar-refractivity contribution >= 4 is 44.4 Å². The third-order valence-corrected chi connectivity index (χ3v) is 11.6. The molecule has 0 spiro atoms. The van der Waals surface area contributed by atoms with Crippen molar-refractivity contribution in [1.29, 1.82) is 0 Å². The molecule has 7 aromatic rings. The van der Waals surface area contributed by atoms with Crippen molar-refractivity contribution in [2.45, 2.75) is 24.8 Å². The van der Waals surface area contributed by atoms with E-state index < -0.39 is 0 Å². The van der Waals surface area contributed by atoms with Crippen LogP contribution in [-0.2, 0) is 0 Å². The Morgan fingerprint density at radius 2 is 1.33 bits per heavy atom. The number of dihydropyridines is 1. The van der Waals surface area contributed by atoms with Crippen LogP contribution < -0.4 is 0 Å². The molecule has 6 aromatic carbocycles. The third kappa shape index (κ3) is 6.74. The Labute approximate surface area is 334 Å². The molecule has 57 heavy (non-hydrogen) atoms. The number of aliphatic imine (C=N–C) groups is 2. The molecule has 2 unspecified atom stereocenters. The van der Waals surface area contributed by atoms with Gasteiger partial charge in [-0.05, 0) is 104 Å². The molecule has 10 rings (SSSR count). The van der Waals surface area contributed by atoms with Gasteiger partial charge in [-0.1, -0.05) is 152 Å². The molecule has 0 fully saturated rings. The minimum Gasteiger partial charge on any atom is -0.349 e. The van der Waals surface area contributed by atoms with Crippen molar-refractivity contribution in [3.05, 3.63) is 222 Å². The van der Waals surface area contributed by atoms with E-state index in [1.807, 2.05) is 18.3 Å². The van der Waals surface area contributed by atoms with Gasteiger partial charge in [-0.3, -0.25) is 9.98 Å². The molecule has 0 bridgehead atoms. The standard InChI is InChI=1S/C53H42N4/c1-57-52(41-28-26-39(27-29-41)50-21-7-9-31-55-50)35-51(40-24-22-38(23-25-40)49-20-6-8-30-54-49)56-53(57)44-33-42(47-18-10-14-36-12-2-4-16-45(36)47)32-43(34-44)48-19-11-15-37-13-3-5-17-46(37)48/h2-8,10-30,32-33,35,43,52H,9,31,34H2,1H3. The third-order valence-electron chi connectivity index (χ3n) is 11.6. The number of aromatic nitrogens is 1. The van der Waals surface area contributed by atoms with Gasteiger partial charge in [-0.2, -0.15) is 0 Å². The largest absolute Gasteiger partial charge is 0.349 e. The summed E-state index contributed by atoms with van der Waals surface area (Å²) in [6, 6.07) is 54.5. The maximum Gasteiger partial charge on any atom is 0.133 e. The number of nitrogens with zero attached hydrogens (tertiary/aromatic N) is 4. The Kier molecular flexibility index (Phi) is 9.08. The van der Waals surface area contributed by atoms with E-state index in [2.05, 4.69) is 187 Å². The second-order valence-electron chi connectivity index (χ2n) is 15.1. The fourth-order valence-corrected chi connectivity index (χ4v) is 8.67. The van der Waals surface area contributed by atoms with Gasteiger partial charge < -0.3 is 4.90 Å². The zero-order chi connectivity index (χ0) is 38.1. The summed E-state index contributed by atoms with van der Waals surface area (Å²) in [5.74, 6) is 1.14. The molecule has 4 heteroatoms. The Bertz CT molecular complexity index is 2810. The van der Waals surface area contributed by atoms with Gasteiger partial charge in [0, 0.05) is 31.3 Å². The number of amidine groups is 1. The number of rotatable bonds is 7. The van der Waals surface area contributed by atoms with Crippen LogP contribution in [0.15, 0.2) is 204 Å². The molecular weight excluding hydrogens is 693 g/mol. The number of allylic oxidation sites excluding steroid dienone is 4. The number of hydrogen-bond acceptors (Lipinski definition) is 4. The summed E-state index contributed by atoms with van der Waals surface area (Å²) in [5.41, 5.74) is 12.5. The van der Waals surface area contributed by atoms with Crippen LogP contribution in [0.4, 0.5) is 0 Å². The average molecular weight is 735 g/mol. The second kappa shape index (κ2) is 15.0. The van der Waals surface area contributed by atoms with Crippen molar-refractivity contribution in [3.63, 3.8) is 0 Å². The summed E-state index contributed by atoms with van der Waals surface area (Å²) in [7, 11) is 2.20. The van der Waals surface area contributed by atoms with Crippen LogP contribution in [-0.4, -0.2) is 35.0 Å². The molecule has 0 saturated carbocycles. The van der Waals surface area contributed by atoms with Crippen LogP contribution in [0.2, 0.25) is 0 Å². The van der Waals surface area contributed by atoms with Gasteiger partial charge in [-0.25, -0.2) is 4.99 Å². The van der Waals surface area contributed by atoms with Crippen LogP contribution in [0.3, 0.4) is 0 Å². The van der Waals surface area contributed by atoms with Gasteiger partial charge in [-0.15, -0.1) is 0 Å². The molecule has 0 amide bonds. The summed E-state index contributed by atoms with van der Waals surface area (Å²) in [5, 5.41) is 5.05. The molecule has 1 aliphatic carbocycles. The minimum atomic E-state index is -0.0373. The molecule has 3 heterocycles. The molecule has 2 aliphatic heterocycles. The van der Waals surface area contributed by atoms with Gasteiger partial charge in [0.15, 0.2) is 0 Å². The smallest absolute Gasteiger partial charge is 0.133 e. The molecule has 2 atom stereocenters. The van der Waals surface area contributed by atoms with Crippen molar-refractivity contribution in [2.75, 3.05) is 13.6 Å². The Morgan fingerprint density at radius 1 is 0.632 bits per heavy atom. The lowest BCUT2D eigenvalue weighted by Gasteiger charge is -2.36. The maximum atomic E-state index is 5.57. The van der Waals surface area contributed by atoms with Crippen molar-refractivity contribution in [3.8, 4) is 11.3 Å². The minimum absolute atomic E-state index is 0.0373. The average Bonchev–Trinajstić information content (AvgIpc) is 3.29. The first kappa shape index (κ1) is 34.6. The Balaban J connectivity index is 1.11. The fourth-order valence-electron chi connectivity index (χ4n) is 8.67. The number of hydrogen-bond donors (Lipinski definition) is 0. The van der Waals surface area contributed by atoms with E-state index in [9.17, 15) is 0 Å². The van der Waals surface area contributed by atoms with E-state index in [1.54, 1.807) is 0 Å². The summed E-state index contributed by atoms with van der Waals surface area (Å²) < 4.78 is 0. The van der Waals surface area contributed by atoms with Crippen LogP contribution in [0.1, 0.15) is 52.6 Å². The van der Waals surface area contributed by atoms with Crippen LogP contribution >= 0.6 is 0 Å². The molecule has 0 radical (unpaired) electrons. The lowest BCUT2D eigenvalue weighted by molar-refractivity contribution is 0.432. The summed E-state index contributed by atoms with van der Waals surface area (Å²) in [4.78, 5) is 17.3. The molecule has 0 saturated heterocycles. The quantitative estimate of drug-likeness (QED) is 0.164.